The zero-order chi connectivity index (χ0) is 18.2. The van der Waals surface area contributed by atoms with E-state index >= 15 is 0 Å². The summed E-state index contributed by atoms with van der Waals surface area (Å²) < 4.78 is 4.79. The maximum Gasteiger partial charge on any atom is 0.328 e. The van der Waals surface area contributed by atoms with E-state index in [-0.39, 0.29) is 11.9 Å². The first-order valence-electron chi connectivity index (χ1n) is 8.83. The van der Waals surface area contributed by atoms with Gasteiger partial charge in [0.25, 0.3) is 0 Å². The number of amides is 1. The highest BCUT2D eigenvalue weighted by Crippen LogP contribution is 2.21. The van der Waals surface area contributed by atoms with Gasteiger partial charge in [0.15, 0.2) is 0 Å². The lowest BCUT2D eigenvalue weighted by molar-refractivity contribution is -0.145. The molecule has 5 heteroatoms. The molecular formula is C20H28N2O3. The molecule has 1 aromatic rings. The highest BCUT2D eigenvalue weighted by atomic mass is 16.5. The molecule has 0 aliphatic carbocycles. The monoisotopic (exact) mass is 344 g/mol. The van der Waals surface area contributed by atoms with Gasteiger partial charge in [0, 0.05) is 13.1 Å². The predicted octanol–water partition coefficient (Wildman–Crippen LogP) is 2.48. The molecular weight excluding hydrogens is 316 g/mol. The van der Waals surface area contributed by atoms with Crippen molar-refractivity contribution in [3.63, 3.8) is 0 Å². The molecule has 0 saturated heterocycles. The molecule has 2 rings (SSSR count). The van der Waals surface area contributed by atoms with Crippen LogP contribution in [-0.2, 0) is 14.3 Å². The molecule has 1 atom stereocenters. The Morgan fingerprint density at radius 2 is 1.96 bits per heavy atom. The van der Waals surface area contributed by atoms with Crippen molar-refractivity contribution >= 4 is 17.4 Å². The maximum atomic E-state index is 12.3. The van der Waals surface area contributed by atoms with Crippen LogP contribution in [0, 0.1) is 5.92 Å². The predicted molar refractivity (Wildman–Crippen MR) is 98.9 cm³/mol. The molecule has 0 spiro atoms. The van der Waals surface area contributed by atoms with Crippen LogP contribution in [0.4, 0.5) is 0 Å². The average Bonchev–Trinajstić information content (AvgIpc) is 2.61. The highest BCUT2D eigenvalue weighted by molar-refractivity contribution is 5.85. The minimum atomic E-state index is -0.572. The Bertz CT molecular complexity index is 611. The van der Waals surface area contributed by atoms with E-state index in [1.165, 1.54) is 18.2 Å². The number of rotatable bonds is 7. The van der Waals surface area contributed by atoms with Crippen molar-refractivity contribution in [2.24, 2.45) is 5.92 Å². The molecule has 0 radical (unpaired) electrons. The molecule has 0 fully saturated rings. The molecule has 25 heavy (non-hydrogen) atoms. The van der Waals surface area contributed by atoms with Crippen LogP contribution >= 0.6 is 0 Å². The first-order chi connectivity index (χ1) is 12.0. The summed E-state index contributed by atoms with van der Waals surface area (Å²) in [4.78, 5) is 26.2. The van der Waals surface area contributed by atoms with Gasteiger partial charge in [-0.25, -0.2) is 4.79 Å². The second kappa shape index (κ2) is 9.37. The number of hydrogen-bond acceptors (Lipinski definition) is 4. The van der Waals surface area contributed by atoms with Crippen LogP contribution in [0.2, 0.25) is 0 Å². The van der Waals surface area contributed by atoms with Crippen molar-refractivity contribution in [1.29, 1.82) is 0 Å². The SMILES string of the molecule is COC(=O)[C@@H](CC(C)C)NC(=O)CN1CC=C(c2ccccc2)CC1. The summed E-state index contributed by atoms with van der Waals surface area (Å²) in [5.74, 6) is -0.213. The van der Waals surface area contributed by atoms with Crippen molar-refractivity contribution in [1.82, 2.24) is 10.2 Å². The Hall–Kier alpha value is -2.14. The number of ether oxygens (including phenoxy) is 1. The summed E-state index contributed by atoms with van der Waals surface area (Å²) in [5, 5.41) is 2.81. The molecule has 1 aliphatic heterocycles. The molecule has 1 aromatic carbocycles. The van der Waals surface area contributed by atoms with Gasteiger partial charge in [-0.05, 0) is 29.9 Å². The van der Waals surface area contributed by atoms with Crippen LogP contribution in [0.25, 0.3) is 5.57 Å². The second-order valence-electron chi connectivity index (χ2n) is 6.85. The third-order valence-corrected chi connectivity index (χ3v) is 4.33. The van der Waals surface area contributed by atoms with Crippen molar-refractivity contribution in [3.05, 3.63) is 42.0 Å². The van der Waals surface area contributed by atoms with Gasteiger partial charge in [-0.3, -0.25) is 9.69 Å². The number of methoxy groups -OCH3 is 1. The maximum absolute atomic E-state index is 12.3. The van der Waals surface area contributed by atoms with Gasteiger partial charge in [-0.1, -0.05) is 50.3 Å². The van der Waals surface area contributed by atoms with Gasteiger partial charge >= 0.3 is 5.97 Å². The Balaban J connectivity index is 1.87. The lowest BCUT2D eigenvalue weighted by Crippen LogP contribution is -2.47. The summed E-state index contributed by atoms with van der Waals surface area (Å²) in [6.45, 7) is 5.90. The van der Waals surface area contributed by atoms with E-state index in [2.05, 4.69) is 28.4 Å². The molecule has 1 aliphatic rings. The van der Waals surface area contributed by atoms with Gasteiger partial charge in [-0.2, -0.15) is 0 Å². The summed E-state index contributed by atoms with van der Waals surface area (Å²) in [7, 11) is 1.35. The number of carbonyl (C=O) groups is 2. The number of nitrogens with one attached hydrogen (secondary N) is 1. The Morgan fingerprint density at radius 1 is 1.24 bits per heavy atom. The van der Waals surface area contributed by atoms with Crippen LogP contribution in [-0.4, -0.2) is 49.6 Å². The quantitative estimate of drug-likeness (QED) is 0.772. The molecule has 0 saturated carbocycles. The number of esters is 1. The van der Waals surface area contributed by atoms with Gasteiger partial charge < -0.3 is 10.1 Å². The van der Waals surface area contributed by atoms with Crippen LogP contribution in [0.15, 0.2) is 36.4 Å². The number of carbonyl (C=O) groups excluding carboxylic acids is 2. The van der Waals surface area contributed by atoms with E-state index in [4.69, 9.17) is 4.74 Å². The van der Waals surface area contributed by atoms with Gasteiger partial charge in [0.05, 0.1) is 13.7 Å². The van der Waals surface area contributed by atoms with Crippen LogP contribution in [0.1, 0.15) is 32.3 Å². The summed E-state index contributed by atoms with van der Waals surface area (Å²) in [5.41, 5.74) is 2.57. The first-order valence-corrected chi connectivity index (χ1v) is 8.83. The van der Waals surface area contributed by atoms with Crippen LogP contribution < -0.4 is 5.32 Å². The van der Waals surface area contributed by atoms with Gasteiger partial charge in [-0.15, -0.1) is 0 Å². The zero-order valence-corrected chi connectivity index (χ0v) is 15.3. The Kier molecular flexibility index (Phi) is 7.19. The topological polar surface area (TPSA) is 58.6 Å². The first kappa shape index (κ1) is 19.2. The molecule has 5 nitrogen and oxygen atoms in total. The lowest BCUT2D eigenvalue weighted by atomic mass is 9.99. The summed E-state index contributed by atoms with van der Waals surface area (Å²) in [6.07, 6.45) is 3.68. The largest absolute Gasteiger partial charge is 0.467 e. The molecule has 1 amide bonds. The molecule has 1 N–H and O–H groups in total. The van der Waals surface area contributed by atoms with Gasteiger partial charge in [0.1, 0.15) is 6.04 Å². The van der Waals surface area contributed by atoms with Crippen molar-refractivity contribution < 1.29 is 14.3 Å². The van der Waals surface area contributed by atoms with Crippen LogP contribution in [0.5, 0.6) is 0 Å². The fourth-order valence-electron chi connectivity index (χ4n) is 3.04. The molecule has 0 aromatic heterocycles. The number of hydrogen-bond donors (Lipinski definition) is 1. The van der Waals surface area contributed by atoms with Crippen molar-refractivity contribution in [2.75, 3.05) is 26.7 Å². The van der Waals surface area contributed by atoms with E-state index < -0.39 is 6.04 Å². The van der Waals surface area contributed by atoms with Crippen molar-refractivity contribution in [3.8, 4) is 0 Å². The van der Waals surface area contributed by atoms with E-state index in [0.717, 1.165) is 19.5 Å². The smallest absolute Gasteiger partial charge is 0.328 e. The van der Waals surface area contributed by atoms with E-state index in [0.29, 0.717) is 18.9 Å². The number of benzene rings is 1. The third-order valence-electron chi connectivity index (χ3n) is 4.33. The third kappa shape index (κ3) is 6.02. The summed E-state index contributed by atoms with van der Waals surface area (Å²) in [6, 6.07) is 9.74. The van der Waals surface area contributed by atoms with Crippen molar-refractivity contribution in [2.45, 2.75) is 32.7 Å². The Morgan fingerprint density at radius 3 is 2.52 bits per heavy atom. The fourth-order valence-corrected chi connectivity index (χ4v) is 3.04. The average molecular weight is 344 g/mol. The zero-order valence-electron chi connectivity index (χ0n) is 15.3. The minimum Gasteiger partial charge on any atom is -0.467 e. The molecule has 136 valence electrons. The second-order valence-corrected chi connectivity index (χ2v) is 6.85. The minimum absolute atomic E-state index is 0.132. The Labute approximate surface area is 150 Å². The van der Waals surface area contributed by atoms with Crippen LogP contribution in [0.3, 0.4) is 0 Å². The molecule has 1 heterocycles. The number of nitrogens with zero attached hydrogens (tertiary/aromatic N) is 1. The molecule has 0 unspecified atom stereocenters. The normalized spacial score (nSPS) is 16.2. The summed E-state index contributed by atoms with van der Waals surface area (Å²) >= 11 is 0. The van der Waals surface area contributed by atoms with E-state index in [1.807, 2.05) is 32.0 Å². The molecule has 0 bridgehead atoms. The van der Waals surface area contributed by atoms with E-state index in [1.54, 1.807) is 0 Å². The van der Waals surface area contributed by atoms with Gasteiger partial charge in [0.2, 0.25) is 5.91 Å². The fraction of sp³-hybridized carbons (Fsp3) is 0.500. The van der Waals surface area contributed by atoms with E-state index in [9.17, 15) is 9.59 Å². The lowest BCUT2D eigenvalue weighted by Gasteiger charge is -2.27. The highest BCUT2D eigenvalue weighted by Gasteiger charge is 2.24. The standard InChI is InChI=1S/C20H28N2O3/c1-15(2)13-18(20(24)25-3)21-19(23)14-22-11-9-17(10-12-22)16-7-5-4-6-8-16/h4-9,15,18H,10-14H2,1-3H3,(H,21,23)/t18-/m1/s1.